The zero-order chi connectivity index (χ0) is 13.5. The number of nitrogens with one attached hydrogen (secondary N) is 1. The van der Waals surface area contributed by atoms with Crippen LogP contribution >= 0.6 is 12.2 Å². The molecule has 1 amide bonds. The summed E-state index contributed by atoms with van der Waals surface area (Å²) in [7, 11) is 1.57. The van der Waals surface area contributed by atoms with Crippen molar-refractivity contribution in [2.24, 2.45) is 5.73 Å². The lowest BCUT2D eigenvalue weighted by Crippen LogP contribution is -2.18. The van der Waals surface area contributed by atoms with Crippen LogP contribution in [0, 0.1) is 5.82 Å². The molecule has 1 rings (SSSR count). The predicted octanol–water partition coefficient (Wildman–Crippen LogP) is 1.83. The van der Waals surface area contributed by atoms with Gasteiger partial charge in [-0.05, 0) is 24.6 Å². The van der Waals surface area contributed by atoms with Crippen LogP contribution in [0.4, 0.5) is 10.1 Å². The minimum atomic E-state index is -0.449. The van der Waals surface area contributed by atoms with E-state index in [0.717, 1.165) is 0 Å². The van der Waals surface area contributed by atoms with Gasteiger partial charge in [0, 0.05) is 25.7 Å². The number of thiocarbonyl (C=S) groups is 1. The molecule has 0 aliphatic heterocycles. The average Bonchev–Trinajstić information content (AvgIpc) is 2.31. The molecular formula is C12H15FN2O2S. The molecule has 0 saturated heterocycles. The van der Waals surface area contributed by atoms with Crippen molar-refractivity contribution in [1.82, 2.24) is 0 Å². The van der Waals surface area contributed by atoms with Gasteiger partial charge in [-0.1, -0.05) is 12.2 Å². The number of halogens is 1. The van der Waals surface area contributed by atoms with Gasteiger partial charge >= 0.3 is 0 Å². The number of nitrogens with two attached hydrogens (primary N) is 1. The third kappa shape index (κ3) is 4.38. The van der Waals surface area contributed by atoms with Crippen LogP contribution < -0.4 is 11.1 Å². The summed E-state index contributed by atoms with van der Waals surface area (Å²) in [6.07, 6.45) is 0.938. The SMILES string of the molecule is COCCCC(=O)Nc1ccc(F)cc1C(N)=S. The number of carbonyl (C=O) groups is 1. The van der Waals surface area contributed by atoms with Crippen LogP contribution in [0.25, 0.3) is 0 Å². The highest BCUT2D eigenvalue weighted by Gasteiger charge is 2.09. The molecule has 0 unspecified atom stereocenters. The Morgan fingerprint density at radius 2 is 2.28 bits per heavy atom. The molecule has 0 radical (unpaired) electrons. The topological polar surface area (TPSA) is 64.3 Å². The molecule has 1 aromatic rings. The first-order chi connectivity index (χ1) is 8.54. The van der Waals surface area contributed by atoms with Crippen molar-refractivity contribution in [3.63, 3.8) is 0 Å². The maximum Gasteiger partial charge on any atom is 0.224 e. The number of anilines is 1. The van der Waals surface area contributed by atoms with Gasteiger partial charge in [-0.3, -0.25) is 4.79 Å². The third-order valence-electron chi connectivity index (χ3n) is 2.27. The fourth-order valence-electron chi connectivity index (χ4n) is 1.42. The second-order valence-corrected chi connectivity index (χ2v) is 4.14. The molecule has 6 heteroatoms. The normalized spacial score (nSPS) is 10.1. The highest BCUT2D eigenvalue weighted by molar-refractivity contribution is 7.80. The van der Waals surface area contributed by atoms with Crippen molar-refractivity contribution < 1.29 is 13.9 Å². The zero-order valence-electron chi connectivity index (χ0n) is 10.0. The summed E-state index contributed by atoms with van der Waals surface area (Å²) in [5, 5.41) is 2.65. The van der Waals surface area contributed by atoms with Gasteiger partial charge < -0.3 is 15.8 Å². The quantitative estimate of drug-likeness (QED) is 0.611. The van der Waals surface area contributed by atoms with Gasteiger partial charge in [-0.25, -0.2) is 4.39 Å². The van der Waals surface area contributed by atoms with Gasteiger partial charge in [-0.2, -0.15) is 0 Å². The van der Waals surface area contributed by atoms with Crippen LogP contribution in [-0.2, 0) is 9.53 Å². The minimum absolute atomic E-state index is 0.0432. The number of benzene rings is 1. The number of hydrogen-bond donors (Lipinski definition) is 2. The van der Waals surface area contributed by atoms with E-state index in [-0.39, 0.29) is 10.9 Å². The van der Waals surface area contributed by atoms with Crippen LogP contribution in [0.1, 0.15) is 18.4 Å². The second kappa shape index (κ2) is 7.03. The lowest BCUT2D eigenvalue weighted by Gasteiger charge is -2.10. The Hall–Kier alpha value is -1.53. The Balaban J connectivity index is 2.72. The highest BCUT2D eigenvalue weighted by Crippen LogP contribution is 2.17. The van der Waals surface area contributed by atoms with E-state index in [1.165, 1.54) is 18.2 Å². The molecule has 0 heterocycles. The van der Waals surface area contributed by atoms with Crippen LogP contribution in [0.2, 0.25) is 0 Å². The van der Waals surface area contributed by atoms with Crippen LogP contribution in [-0.4, -0.2) is 24.6 Å². The van der Waals surface area contributed by atoms with E-state index in [1.54, 1.807) is 7.11 Å². The molecule has 0 bridgehead atoms. The van der Waals surface area contributed by atoms with Crippen molar-refractivity contribution in [3.8, 4) is 0 Å². The fraction of sp³-hybridized carbons (Fsp3) is 0.333. The summed E-state index contributed by atoms with van der Waals surface area (Å²) >= 11 is 4.81. The molecule has 4 nitrogen and oxygen atoms in total. The lowest BCUT2D eigenvalue weighted by molar-refractivity contribution is -0.116. The summed E-state index contributed by atoms with van der Waals surface area (Å²) in [5.41, 5.74) is 6.22. The van der Waals surface area contributed by atoms with Gasteiger partial charge in [0.15, 0.2) is 0 Å². The monoisotopic (exact) mass is 270 g/mol. The van der Waals surface area contributed by atoms with Gasteiger partial charge in [-0.15, -0.1) is 0 Å². The Morgan fingerprint density at radius 1 is 1.56 bits per heavy atom. The van der Waals surface area contributed by atoms with Crippen molar-refractivity contribution in [2.75, 3.05) is 19.0 Å². The number of carbonyl (C=O) groups excluding carboxylic acids is 1. The largest absolute Gasteiger partial charge is 0.389 e. The number of amides is 1. The molecule has 3 N–H and O–H groups in total. The first-order valence-electron chi connectivity index (χ1n) is 5.42. The van der Waals surface area contributed by atoms with Gasteiger partial charge in [0.25, 0.3) is 0 Å². The molecular weight excluding hydrogens is 255 g/mol. The standard InChI is InChI=1S/C12H15FN2O2S/c1-17-6-2-3-11(16)15-10-5-4-8(13)7-9(10)12(14)18/h4-5,7H,2-3,6H2,1H3,(H2,14,18)(H,15,16). The van der Waals surface area contributed by atoms with Gasteiger partial charge in [0.1, 0.15) is 10.8 Å². The third-order valence-corrected chi connectivity index (χ3v) is 2.49. The maximum atomic E-state index is 13.0. The lowest BCUT2D eigenvalue weighted by atomic mass is 10.1. The first-order valence-corrected chi connectivity index (χ1v) is 5.83. The van der Waals surface area contributed by atoms with Gasteiger partial charge in [0.2, 0.25) is 5.91 Å². The molecule has 0 aliphatic carbocycles. The second-order valence-electron chi connectivity index (χ2n) is 3.70. The van der Waals surface area contributed by atoms with Crippen LogP contribution in [0.3, 0.4) is 0 Å². The molecule has 0 aliphatic rings. The Labute approximate surface area is 110 Å². The summed E-state index contributed by atoms with van der Waals surface area (Å²) in [5.74, 6) is -0.633. The van der Waals surface area contributed by atoms with E-state index in [4.69, 9.17) is 22.7 Å². The average molecular weight is 270 g/mol. The molecule has 0 fully saturated rings. The van der Waals surface area contributed by atoms with E-state index in [2.05, 4.69) is 5.32 Å². The van der Waals surface area contributed by atoms with E-state index >= 15 is 0 Å². The van der Waals surface area contributed by atoms with Gasteiger partial charge in [0.05, 0.1) is 5.69 Å². The first kappa shape index (κ1) is 14.5. The molecule has 0 spiro atoms. The highest BCUT2D eigenvalue weighted by atomic mass is 32.1. The number of rotatable bonds is 6. The predicted molar refractivity (Wildman–Crippen MR) is 72.0 cm³/mol. The summed E-state index contributed by atoms with van der Waals surface area (Å²) < 4.78 is 17.9. The van der Waals surface area contributed by atoms with Crippen molar-refractivity contribution in [1.29, 1.82) is 0 Å². The van der Waals surface area contributed by atoms with Crippen molar-refractivity contribution >= 4 is 28.8 Å². The van der Waals surface area contributed by atoms with E-state index < -0.39 is 5.82 Å². The number of ether oxygens (including phenoxy) is 1. The molecule has 18 heavy (non-hydrogen) atoms. The fourth-order valence-corrected chi connectivity index (χ4v) is 1.59. The summed E-state index contributed by atoms with van der Waals surface area (Å²) in [6.45, 7) is 0.513. The van der Waals surface area contributed by atoms with E-state index in [0.29, 0.717) is 30.7 Å². The molecule has 98 valence electrons. The van der Waals surface area contributed by atoms with E-state index in [9.17, 15) is 9.18 Å². The Bertz CT molecular complexity index is 452. The summed E-state index contributed by atoms with van der Waals surface area (Å²) in [4.78, 5) is 11.6. The molecule has 0 aromatic heterocycles. The molecule has 1 aromatic carbocycles. The minimum Gasteiger partial charge on any atom is -0.389 e. The van der Waals surface area contributed by atoms with Crippen molar-refractivity contribution in [3.05, 3.63) is 29.6 Å². The van der Waals surface area contributed by atoms with Crippen molar-refractivity contribution in [2.45, 2.75) is 12.8 Å². The maximum absolute atomic E-state index is 13.0. The number of methoxy groups -OCH3 is 1. The smallest absolute Gasteiger partial charge is 0.224 e. The van der Waals surface area contributed by atoms with Crippen LogP contribution in [0.5, 0.6) is 0 Å². The number of hydrogen-bond acceptors (Lipinski definition) is 3. The zero-order valence-corrected chi connectivity index (χ0v) is 10.8. The van der Waals surface area contributed by atoms with E-state index in [1.807, 2.05) is 0 Å². The van der Waals surface area contributed by atoms with Crippen LogP contribution in [0.15, 0.2) is 18.2 Å². The molecule has 0 saturated carbocycles. The Morgan fingerprint density at radius 3 is 2.89 bits per heavy atom. The summed E-state index contributed by atoms with van der Waals surface area (Å²) in [6, 6.07) is 3.89. The Kier molecular flexibility index (Phi) is 5.67. The molecule has 0 atom stereocenters.